The lowest BCUT2D eigenvalue weighted by molar-refractivity contribution is -0.159. The number of benzene rings is 1. The molecule has 1 aromatic rings. The molecule has 1 rings (SSSR count). The Hall–Kier alpha value is -1.59. The van der Waals surface area contributed by atoms with Crippen LogP contribution in [0.25, 0.3) is 0 Å². The van der Waals surface area contributed by atoms with Gasteiger partial charge in [0.25, 0.3) is 0 Å². The molecule has 0 saturated carbocycles. The molecule has 0 heterocycles. The summed E-state index contributed by atoms with van der Waals surface area (Å²) in [4.78, 5) is 13.2. The van der Waals surface area contributed by atoms with Crippen LogP contribution in [0.1, 0.15) is 18.6 Å². The average molecular weight is 253 g/mol. The number of anilines is 1. The molecule has 2 N–H and O–H groups in total. The van der Waals surface area contributed by atoms with Crippen LogP contribution in [-0.2, 0) is 9.53 Å². The molecule has 0 radical (unpaired) electrons. The smallest absolute Gasteiger partial charge is 0.338 e. The Labute approximate surface area is 107 Å². The minimum atomic E-state index is -1.56. The minimum Gasteiger partial charge on any atom is -0.464 e. The van der Waals surface area contributed by atoms with Gasteiger partial charge in [-0.1, -0.05) is 12.1 Å². The maximum absolute atomic E-state index is 11.3. The minimum absolute atomic E-state index is 0.169. The second kappa shape index (κ2) is 6.37. The zero-order valence-electron chi connectivity index (χ0n) is 10.8. The molecule has 0 fully saturated rings. The summed E-state index contributed by atoms with van der Waals surface area (Å²) in [7, 11) is 3.80. The maximum Gasteiger partial charge on any atom is 0.338 e. The summed E-state index contributed by atoms with van der Waals surface area (Å²) in [6.45, 7) is 1.81. The predicted octanol–water partition coefficient (Wildman–Crippen LogP) is 0.710. The van der Waals surface area contributed by atoms with Gasteiger partial charge in [0.1, 0.15) is 6.10 Å². The average Bonchev–Trinajstić information content (AvgIpc) is 2.37. The monoisotopic (exact) mass is 253 g/mol. The molecule has 0 saturated heterocycles. The zero-order chi connectivity index (χ0) is 13.7. The quantitative estimate of drug-likeness (QED) is 0.756. The van der Waals surface area contributed by atoms with E-state index in [1.807, 2.05) is 19.0 Å². The summed E-state index contributed by atoms with van der Waals surface area (Å²) in [5.74, 6) is -0.818. The van der Waals surface area contributed by atoms with Crippen LogP contribution in [0.4, 0.5) is 5.69 Å². The van der Waals surface area contributed by atoms with Gasteiger partial charge in [0.2, 0.25) is 0 Å². The predicted molar refractivity (Wildman–Crippen MR) is 68.4 cm³/mol. The second-order valence-corrected chi connectivity index (χ2v) is 4.13. The summed E-state index contributed by atoms with van der Waals surface area (Å²) < 4.78 is 4.65. The first-order valence-corrected chi connectivity index (χ1v) is 5.77. The van der Waals surface area contributed by atoms with Gasteiger partial charge in [0.05, 0.1) is 6.61 Å². The van der Waals surface area contributed by atoms with Crippen LogP contribution in [0.3, 0.4) is 0 Å². The topological polar surface area (TPSA) is 70.0 Å². The fraction of sp³-hybridized carbons (Fsp3) is 0.462. The molecule has 2 unspecified atom stereocenters. The van der Waals surface area contributed by atoms with Gasteiger partial charge in [-0.3, -0.25) is 0 Å². The molecule has 1 aromatic carbocycles. The lowest BCUT2D eigenvalue weighted by Gasteiger charge is -2.18. The molecule has 0 aliphatic heterocycles. The van der Waals surface area contributed by atoms with Crippen molar-refractivity contribution < 1.29 is 19.7 Å². The van der Waals surface area contributed by atoms with Crippen LogP contribution < -0.4 is 4.90 Å². The first-order chi connectivity index (χ1) is 8.47. The SMILES string of the molecule is CCOC(=O)C(O)C(O)c1ccc(N(C)C)cc1. The first kappa shape index (κ1) is 14.5. The van der Waals surface area contributed by atoms with E-state index < -0.39 is 18.2 Å². The molecule has 0 aromatic heterocycles. The van der Waals surface area contributed by atoms with E-state index in [0.717, 1.165) is 5.69 Å². The van der Waals surface area contributed by atoms with Gasteiger partial charge in [0.15, 0.2) is 6.10 Å². The number of ether oxygens (including phenoxy) is 1. The van der Waals surface area contributed by atoms with E-state index in [1.165, 1.54) is 0 Å². The van der Waals surface area contributed by atoms with Crippen molar-refractivity contribution in [2.24, 2.45) is 0 Å². The number of aliphatic hydroxyl groups is 2. The Balaban J connectivity index is 2.77. The van der Waals surface area contributed by atoms with Gasteiger partial charge >= 0.3 is 5.97 Å². The fourth-order valence-electron chi connectivity index (χ4n) is 1.51. The highest BCUT2D eigenvalue weighted by atomic mass is 16.5. The Morgan fingerprint density at radius 2 is 1.83 bits per heavy atom. The van der Waals surface area contributed by atoms with Gasteiger partial charge in [0, 0.05) is 19.8 Å². The molecular weight excluding hydrogens is 234 g/mol. The molecule has 0 aliphatic carbocycles. The fourth-order valence-corrected chi connectivity index (χ4v) is 1.51. The van der Waals surface area contributed by atoms with Crippen LogP contribution in [0.5, 0.6) is 0 Å². The molecule has 5 nitrogen and oxygen atoms in total. The number of hydrogen-bond donors (Lipinski definition) is 2. The largest absolute Gasteiger partial charge is 0.464 e. The van der Waals surface area contributed by atoms with E-state index in [9.17, 15) is 15.0 Å². The van der Waals surface area contributed by atoms with Gasteiger partial charge in [-0.25, -0.2) is 4.79 Å². The Kier molecular flexibility index (Phi) is 5.12. The van der Waals surface area contributed by atoms with Crippen molar-refractivity contribution >= 4 is 11.7 Å². The van der Waals surface area contributed by atoms with Crippen molar-refractivity contribution in [2.75, 3.05) is 25.6 Å². The van der Waals surface area contributed by atoms with E-state index in [2.05, 4.69) is 4.74 Å². The third-order valence-corrected chi connectivity index (χ3v) is 2.58. The van der Waals surface area contributed by atoms with Crippen LogP contribution in [0.2, 0.25) is 0 Å². The van der Waals surface area contributed by atoms with Crippen molar-refractivity contribution in [3.63, 3.8) is 0 Å². The molecule has 5 heteroatoms. The van der Waals surface area contributed by atoms with Crippen molar-refractivity contribution in [1.29, 1.82) is 0 Å². The summed E-state index contributed by atoms with van der Waals surface area (Å²) in [6, 6.07) is 6.94. The van der Waals surface area contributed by atoms with Crippen molar-refractivity contribution in [3.05, 3.63) is 29.8 Å². The number of hydrogen-bond acceptors (Lipinski definition) is 5. The van der Waals surface area contributed by atoms with Crippen LogP contribution in [0.15, 0.2) is 24.3 Å². The molecule has 0 aliphatic rings. The zero-order valence-corrected chi connectivity index (χ0v) is 10.8. The van der Waals surface area contributed by atoms with Crippen molar-refractivity contribution in [2.45, 2.75) is 19.1 Å². The van der Waals surface area contributed by atoms with E-state index >= 15 is 0 Å². The first-order valence-electron chi connectivity index (χ1n) is 5.77. The van der Waals surface area contributed by atoms with E-state index in [1.54, 1.807) is 31.2 Å². The number of carbonyl (C=O) groups excluding carboxylic acids is 1. The second-order valence-electron chi connectivity index (χ2n) is 4.13. The lowest BCUT2D eigenvalue weighted by atomic mass is 10.0. The molecular formula is C13H19NO4. The molecule has 0 bridgehead atoms. The third-order valence-electron chi connectivity index (χ3n) is 2.58. The number of esters is 1. The van der Waals surface area contributed by atoms with Crippen LogP contribution in [0, 0.1) is 0 Å². The molecule has 0 spiro atoms. The summed E-state index contributed by atoms with van der Waals surface area (Å²) in [6.07, 6.45) is -2.84. The van der Waals surface area contributed by atoms with Crippen LogP contribution >= 0.6 is 0 Å². The van der Waals surface area contributed by atoms with Crippen molar-refractivity contribution in [1.82, 2.24) is 0 Å². The summed E-state index contributed by atoms with van der Waals surface area (Å²) in [5, 5.41) is 19.5. The number of aliphatic hydroxyl groups excluding tert-OH is 2. The standard InChI is InChI=1S/C13H19NO4/c1-4-18-13(17)12(16)11(15)9-5-7-10(8-6-9)14(2)3/h5-8,11-12,15-16H,4H2,1-3H3. The molecule has 100 valence electrons. The lowest BCUT2D eigenvalue weighted by Crippen LogP contribution is -2.29. The van der Waals surface area contributed by atoms with Gasteiger partial charge in [-0.05, 0) is 24.6 Å². The Morgan fingerprint density at radius 1 is 1.28 bits per heavy atom. The van der Waals surface area contributed by atoms with Crippen molar-refractivity contribution in [3.8, 4) is 0 Å². The van der Waals surface area contributed by atoms with Gasteiger partial charge < -0.3 is 19.8 Å². The normalized spacial score (nSPS) is 13.8. The summed E-state index contributed by atoms with van der Waals surface area (Å²) in [5.41, 5.74) is 1.44. The van der Waals surface area contributed by atoms with Gasteiger partial charge in [-0.15, -0.1) is 0 Å². The highest BCUT2D eigenvalue weighted by Gasteiger charge is 2.26. The number of rotatable bonds is 5. The van der Waals surface area contributed by atoms with E-state index in [4.69, 9.17) is 0 Å². The molecule has 18 heavy (non-hydrogen) atoms. The summed E-state index contributed by atoms with van der Waals surface area (Å²) >= 11 is 0. The number of carbonyl (C=O) groups is 1. The van der Waals surface area contributed by atoms with E-state index in [0.29, 0.717) is 5.56 Å². The Morgan fingerprint density at radius 3 is 2.28 bits per heavy atom. The van der Waals surface area contributed by atoms with E-state index in [-0.39, 0.29) is 6.61 Å². The van der Waals surface area contributed by atoms with Gasteiger partial charge in [-0.2, -0.15) is 0 Å². The highest BCUT2D eigenvalue weighted by molar-refractivity contribution is 5.75. The Bertz CT molecular complexity index is 388. The van der Waals surface area contributed by atoms with Crippen LogP contribution in [-0.4, -0.2) is 43.0 Å². The molecule has 2 atom stereocenters. The maximum atomic E-state index is 11.3. The number of nitrogens with zero attached hydrogens (tertiary/aromatic N) is 1. The molecule has 0 amide bonds. The highest BCUT2D eigenvalue weighted by Crippen LogP contribution is 2.21. The third kappa shape index (κ3) is 3.45.